The van der Waals surface area contributed by atoms with Crippen molar-refractivity contribution in [1.82, 2.24) is 30.3 Å². The molecule has 2 rings (SSSR count). The second kappa shape index (κ2) is 5.21. The molecule has 0 aliphatic carbocycles. The van der Waals surface area contributed by atoms with Crippen LogP contribution in [0.25, 0.3) is 5.82 Å². The molecule has 19 heavy (non-hydrogen) atoms. The molecule has 0 spiro atoms. The summed E-state index contributed by atoms with van der Waals surface area (Å²) in [5.41, 5.74) is 0.180. The molecule has 0 unspecified atom stereocenters. The third-order valence-corrected chi connectivity index (χ3v) is 2.20. The molecule has 1 N–H and O–H groups in total. The van der Waals surface area contributed by atoms with E-state index in [-0.39, 0.29) is 17.4 Å². The second-order valence-electron chi connectivity index (χ2n) is 3.36. The van der Waals surface area contributed by atoms with Gasteiger partial charge in [-0.05, 0) is 12.1 Å². The first kappa shape index (κ1) is 12.6. The number of amides is 1. The van der Waals surface area contributed by atoms with E-state index in [9.17, 15) is 9.59 Å². The molecule has 0 bridgehead atoms. The zero-order valence-corrected chi connectivity index (χ0v) is 10.2. The topological polar surface area (TPSA) is 112 Å². The molecule has 2 heterocycles. The van der Waals surface area contributed by atoms with Gasteiger partial charge >= 0.3 is 5.97 Å². The van der Waals surface area contributed by atoms with E-state index in [0.717, 1.165) is 0 Å². The van der Waals surface area contributed by atoms with E-state index < -0.39 is 5.97 Å². The van der Waals surface area contributed by atoms with Crippen LogP contribution in [0.2, 0.25) is 0 Å². The molecule has 9 nitrogen and oxygen atoms in total. The van der Waals surface area contributed by atoms with Gasteiger partial charge in [0.2, 0.25) is 0 Å². The number of hydrogen-bond donors (Lipinski definition) is 1. The summed E-state index contributed by atoms with van der Waals surface area (Å²) in [5, 5.41) is 13.9. The molecule has 9 heteroatoms. The quantitative estimate of drug-likeness (QED) is 0.721. The Morgan fingerprint density at radius 1 is 1.32 bits per heavy atom. The third-order valence-electron chi connectivity index (χ3n) is 2.20. The molecule has 0 saturated carbocycles. The van der Waals surface area contributed by atoms with Gasteiger partial charge in [0, 0.05) is 7.05 Å². The van der Waals surface area contributed by atoms with E-state index in [1.807, 2.05) is 0 Å². The molecule has 98 valence electrons. The number of methoxy groups -OCH3 is 1. The highest BCUT2D eigenvalue weighted by molar-refractivity contribution is 5.91. The van der Waals surface area contributed by atoms with Crippen molar-refractivity contribution in [3.63, 3.8) is 0 Å². The van der Waals surface area contributed by atoms with E-state index in [4.69, 9.17) is 0 Å². The highest BCUT2D eigenvalue weighted by Crippen LogP contribution is 2.03. The van der Waals surface area contributed by atoms with Crippen molar-refractivity contribution >= 4 is 11.9 Å². The normalized spacial score (nSPS) is 10.0. The lowest BCUT2D eigenvalue weighted by atomic mass is 10.3. The van der Waals surface area contributed by atoms with Crippen LogP contribution >= 0.6 is 0 Å². The number of carbonyl (C=O) groups is 2. The summed E-state index contributed by atoms with van der Waals surface area (Å²) in [5.74, 6) is -0.739. The van der Waals surface area contributed by atoms with Crippen LogP contribution in [-0.4, -0.2) is 51.0 Å². The smallest absolute Gasteiger partial charge is 0.377 e. The Labute approximate surface area is 107 Å². The molecule has 0 radical (unpaired) electrons. The van der Waals surface area contributed by atoms with E-state index in [2.05, 4.69) is 30.3 Å². The number of nitrogens with zero attached hydrogens (tertiary/aromatic N) is 5. The van der Waals surface area contributed by atoms with Crippen molar-refractivity contribution in [2.45, 2.75) is 0 Å². The first-order chi connectivity index (χ1) is 9.15. The minimum atomic E-state index is -0.645. The van der Waals surface area contributed by atoms with E-state index in [1.165, 1.54) is 37.3 Å². The molecule has 0 fully saturated rings. The lowest BCUT2D eigenvalue weighted by Gasteiger charge is -2.00. The van der Waals surface area contributed by atoms with Crippen molar-refractivity contribution in [2.24, 2.45) is 0 Å². The Balaban J connectivity index is 2.25. The molecule has 0 atom stereocenters. The zero-order valence-electron chi connectivity index (χ0n) is 10.2. The molecule has 0 aliphatic heterocycles. The van der Waals surface area contributed by atoms with E-state index in [0.29, 0.717) is 5.82 Å². The van der Waals surface area contributed by atoms with Crippen LogP contribution in [0.1, 0.15) is 21.1 Å². The molecular weight excluding hydrogens is 252 g/mol. The van der Waals surface area contributed by atoms with Crippen molar-refractivity contribution in [3.8, 4) is 5.82 Å². The highest BCUT2D eigenvalue weighted by Gasteiger charge is 2.13. The minimum absolute atomic E-state index is 0.0836. The Morgan fingerprint density at radius 2 is 2.11 bits per heavy atom. The van der Waals surface area contributed by atoms with Crippen molar-refractivity contribution < 1.29 is 14.3 Å². The first-order valence-electron chi connectivity index (χ1n) is 5.22. The van der Waals surface area contributed by atoms with Gasteiger partial charge in [-0.1, -0.05) is 0 Å². The fourth-order valence-electron chi connectivity index (χ4n) is 1.25. The van der Waals surface area contributed by atoms with Crippen molar-refractivity contribution in [1.29, 1.82) is 0 Å². The maximum atomic E-state index is 11.3. The van der Waals surface area contributed by atoms with Gasteiger partial charge in [-0.15, -0.1) is 15.3 Å². The number of hydrogen-bond acceptors (Lipinski definition) is 7. The first-order valence-corrected chi connectivity index (χ1v) is 5.22. The maximum absolute atomic E-state index is 11.3. The fraction of sp³-hybridized carbons (Fsp3) is 0.200. The van der Waals surface area contributed by atoms with Gasteiger partial charge in [-0.3, -0.25) is 4.79 Å². The number of rotatable bonds is 3. The number of ether oxygens (including phenoxy) is 1. The van der Waals surface area contributed by atoms with Crippen molar-refractivity contribution in [3.05, 3.63) is 30.0 Å². The fourth-order valence-corrected chi connectivity index (χ4v) is 1.25. The predicted octanol–water partition coefficient (Wildman–Crippen LogP) is -0.797. The lowest BCUT2D eigenvalue weighted by Crippen LogP contribution is -2.20. The Morgan fingerprint density at radius 3 is 2.68 bits per heavy atom. The Bertz CT molecular complexity index is 606. The van der Waals surface area contributed by atoms with Crippen LogP contribution in [0.4, 0.5) is 0 Å². The predicted molar refractivity (Wildman–Crippen MR) is 61.7 cm³/mol. The third kappa shape index (κ3) is 2.54. The summed E-state index contributed by atoms with van der Waals surface area (Å²) < 4.78 is 5.74. The summed E-state index contributed by atoms with van der Waals surface area (Å²) in [6, 6.07) is 3.02. The molecular formula is C10H10N6O3. The maximum Gasteiger partial charge on any atom is 0.377 e. The van der Waals surface area contributed by atoms with Crippen LogP contribution in [0.5, 0.6) is 0 Å². The van der Waals surface area contributed by atoms with Gasteiger partial charge in [-0.25, -0.2) is 9.78 Å². The van der Waals surface area contributed by atoms with E-state index >= 15 is 0 Å². The average Bonchev–Trinajstić information content (AvgIpc) is 2.95. The monoisotopic (exact) mass is 262 g/mol. The molecule has 0 saturated heterocycles. The van der Waals surface area contributed by atoms with Gasteiger partial charge < -0.3 is 10.1 Å². The largest absolute Gasteiger partial charge is 0.463 e. The average molecular weight is 262 g/mol. The standard InChI is InChI=1S/C10H10N6O3/c1-11-9(17)6-3-4-7(14-13-6)16-5-12-8(15-16)10(18)19-2/h3-5H,1-2H3,(H,11,17). The van der Waals surface area contributed by atoms with Crippen LogP contribution in [-0.2, 0) is 4.74 Å². The Hall–Kier alpha value is -2.84. The van der Waals surface area contributed by atoms with Crippen molar-refractivity contribution in [2.75, 3.05) is 14.2 Å². The van der Waals surface area contributed by atoms with E-state index in [1.54, 1.807) is 0 Å². The SMILES string of the molecule is CNC(=O)c1ccc(-n2cnc(C(=O)OC)n2)nn1. The molecule has 2 aromatic heterocycles. The summed E-state index contributed by atoms with van der Waals surface area (Å²) >= 11 is 0. The Kier molecular flexibility index (Phi) is 3.46. The molecule has 1 amide bonds. The number of aromatic nitrogens is 5. The van der Waals surface area contributed by atoms with Crippen LogP contribution in [0.15, 0.2) is 18.5 Å². The number of carbonyl (C=O) groups excluding carboxylic acids is 2. The molecule has 2 aromatic rings. The summed E-state index contributed by atoms with van der Waals surface area (Å²) in [6.07, 6.45) is 1.30. The van der Waals surface area contributed by atoms with Crippen LogP contribution in [0, 0.1) is 0 Å². The van der Waals surface area contributed by atoms with Gasteiger partial charge in [-0.2, -0.15) is 4.68 Å². The summed E-state index contributed by atoms with van der Waals surface area (Å²) in [7, 11) is 2.74. The lowest BCUT2D eigenvalue weighted by molar-refractivity contribution is 0.0586. The number of esters is 1. The minimum Gasteiger partial charge on any atom is -0.463 e. The summed E-state index contributed by atoms with van der Waals surface area (Å²) in [4.78, 5) is 26.2. The zero-order chi connectivity index (χ0) is 13.8. The van der Waals surface area contributed by atoms with Crippen LogP contribution in [0.3, 0.4) is 0 Å². The second-order valence-corrected chi connectivity index (χ2v) is 3.36. The van der Waals surface area contributed by atoms with Gasteiger partial charge in [0.05, 0.1) is 7.11 Å². The van der Waals surface area contributed by atoms with Gasteiger partial charge in [0.25, 0.3) is 11.7 Å². The molecule has 0 aliphatic rings. The molecule has 0 aromatic carbocycles. The van der Waals surface area contributed by atoms with Gasteiger partial charge in [0.15, 0.2) is 11.5 Å². The highest BCUT2D eigenvalue weighted by atomic mass is 16.5. The summed E-state index contributed by atoms with van der Waals surface area (Å²) in [6.45, 7) is 0. The van der Waals surface area contributed by atoms with Crippen LogP contribution < -0.4 is 5.32 Å². The number of nitrogens with one attached hydrogen (secondary N) is 1. The van der Waals surface area contributed by atoms with Gasteiger partial charge in [0.1, 0.15) is 6.33 Å².